The van der Waals surface area contributed by atoms with Crippen molar-refractivity contribution in [3.63, 3.8) is 0 Å². The first kappa shape index (κ1) is 33.8. The number of halogens is 2. The maximum absolute atomic E-state index is 6.96. The fraction of sp³-hybridized carbons (Fsp3) is 0.224. The van der Waals surface area contributed by atoms with Crippen LogP contribution in [0.5, 0.6) is 0 Å². The van der Waals surface area contributed by atoms with Gasteiger partial charge in [-0.3, -0.25) is 0 Å². The molecule has 0 radical (unpaired) electrons. The first-order valence-electron chi connectivity index (χ1n) is 18.1. The molecule has 0 spiro atoms. The molecule has 0 saturated carbocycles. The predicted molar refractivity (Wildman–Crippen MR) is 222 cm³/mol. The topological polar surface area (TPSA) is 0 Å². The van der Waals surface area contributed by atoms with Gasteiger partial charge in [0.15, 0.2) is 0 Å². The van der Waals surface area contributed by atoms with Crippen LogP contribution in [0, 0.1) is 24.3 Å². The molecule has 0 nitrogen and oxygen atoms in total. The van der Waals surface area contributed by atoms with Gasteiger partial charge in [-0.1, -0.05) is 150 Å². The van der Waals surface area contributed by atoms with Crippen molar-refractivity contribution in [3.05, 3.63) is 179 Å². The SMILES string of the molecule is Cc1cc2c(cc1C(C)(C)C)=c1c(c(C3=CC=CC3)c(C)c(C(C)(C)C)c1=C(c1cccc3c(Cl)cccc13)c1cccc3c(Cl)cccc13)C=2. The van der Waals surface area contributed by atoms with Crippen LogP contribution in [0.4, 0.5) is 0 Å². The minimum atomic E-state index is -0.189. The number of benzene rings is 6. The second-order valence-corrected chi connectivity index (χ2v) is 17.2. The number of fused-ring (bicyclic) bond motifs is 4. The van der Waals surface area contributed by atoms with Crippen molar-refractivity contribution in [1.29, 1.82) is 0 Å². The van der Waals surface area contributed by atoms with Gasteiger partial charge in [-0.25, -0.2) is 0 Å². The molecule has 51 heavy (non-hydrogen) atoms. The number of allylic oxidation sites excluding steroid dienone is 4. The van der Waals surface area contributed by atoms with Gasteiger partial charge in [0.25, 0.3) is 0 Å². The third-order valence-corrected chi connectivity index (χ3v) is 11.6. The molecule has 2 aliphatic rings. The molecule has 0 amide bonds. The summed E-state index contributed by atoms with van der Waals surface area (Å²) in [4.78, 5) is 0. The van der Waals surface area contributed by atoms with Gasteiger partial charge in [-0.2, -0.15) is 0 Å². The van der Waals surface area contributed by atoms with Crippen LogP contribution in [0.15, 0.2) is 103 Å². The van der Waals surface area contributed by atoms with E-state index in [1.165, 1.54) is 76.5 Å². The van der Waals surface area contributed by atoms with Crippen molar-refractivity contribution < 1.29 is 0 Å². The minimum absolute atomic E-state index is 0.00831. The van der Waals surface area contributed by atoms with Gasteiger partial charge >= 0.3 is 0 Å². The molecule has 0 saturated heterocycles. The molecule has 0 atom stereocenters. The summed E-state index contributed by atoms with van der Waals surface area (Å²) in [6.45, 7) is 18.8. The molecule has 0 aromatic heterocycles. The van der Waals surface area contributed by atoms with Crippen LogP contribution in [-0.4, -0.2) is 0 Å². The fourth-order valence-electron chi connectivity index (χ4n) is 8.98. The standard InChI is InChI=1S/C49H44Cl2/c1-28-25-31-26-39-43(30-15-9-10-16-30)29(2)47(49(6,7)8)46(45(39)38(31)27-40(28)48(3,4)5)44(36-21-11-19-34-32(36)17-13-23-41(34)50)37-22-12-20-35-33(37)18-14-24-42(35)51/h9-15,17-27H,16H2,1-8H3. The summed E-state index contributed by atoms with van der Waals surface area (Å²) in [7, 11) is 0. The lowest BCUT2D eigenvalue weighted by Gasteiger charge is -2.29. The Kier molecular flexibility index (Phi) is 8.02. The molecular formula is C49H44Cl2. The van der Waals surface area contributed by atoms with Crippen LogP contribution in [0.2, 0.25) is 10.0 Å². The maximum Gasteiger partial charge on any atom is 0.0484 e. The van der Waals surface area contributed by atoms with Crippen LogP contribution in [0.1, 0.15) is 92.5 Å². The lowest BCUT2D eigenvalue weighted by Crippen LogP contribution is -2.30. The van der Waals surface area contributed by atoms with E-state index in [0.717, 1.165) is 38.0 Å². The second-order valence-electron chi connectivity index (χ2n) is 16.4. The van der Waals surface area contributed by atoms with E-state index in [9.17, 15) is 0 Å². The lowest BCUT2D eigenvalue weighted by atomic mass is 9.75. The Morgan fingerprint density at radius 2 is 1.24 bits per heavy atom. The number of rotatable bonds is 3. The zero-order valence-corrected chi connectivity index (χ0v) is 32.4. The third kappa shape index (κ3) is 5.42. The number of aryl methyl sites for hydroxylation is 1. The molecule has 0 fully saturated rings. The number of hydrogen-bond acceptors (Lipinski definition) is 0. The van der Waals surface area contributed by atoms with Crippen molar-refractivity contribution in [2.24, 2.45) is 0 Å². The largest absolute Gasteiger partial charge is 0.0837 e. The van der Waals surface area contributed by atoms with Gasteiger partial charge in [0.2, 0.25) is 0 Å². The molecule has 6 aromatic rings. The van der Waals surface area contributed by atoms with E-state index >= 15 is 0 Å². The minimum Gasteiger partial charge on any atom is -0.0837 e. The summed E-state index contributed by atoms with van der Waals surface area (Å²) < 4.78 is 0. The average molecular weight is 704 g/mol. The van der Waals surface area contributed by atoms with Gasteiger partial charge < -0.3 is 0 Å². The summed E-state index contributed by atoms with van der Waals surface area (Å²) >= 11 is 13.9. The molecule has 6 aromatic carbocycles. The highest BCUT2D eigenvalue weighted by molar-refractivity contribution is 6.36. The van der Waals surface area contributed by atoms with Gasteiger partial charge in [-0.05, 0) is 143 Å². The first-order valence-corrected chi connectivity index (χ1v) is 18.8. The van der Waals surface area contributed by atoms with Crippen LogP contribution < -0.4 is 10.4 Å². The molecule has 254 valence electrons. The van der Waals surface area contributed by atoms with Gasteiger partial charge in [0.05, 0.1) is 0 Å². The van der Waals surface area contributed by atoms with E-state index < -0.39 is 0 Å². The maximum atomic E-state index is 6.96. The highest BCUT2D eigenvalue weighted by Crippen LogP contribution is 2.40. The predicted octanol–water partition coefficient (Wildman–Crippen LogP) is 12.5. The van der Waals surface area contributed by atoms with Crippen molar-refractivity contribution >= 4 is 62.0 Å². The van der Waals surface area contributed by atoms with Gasteiger partial charge in [0.1, 0.15) is 0 Å². The highest BCUT2D eigenvalue weighted by Gasteiger charge is 2.29. The summed E-state index contributed by atoms with van der Waals surface area (Å²) in [5.41, 5.74) is 12.9. The normalized spacial score (nSPS) is 13.8. The van der Waals surface area contributed by atoms with Crippen LogP contribution in [0.3, 0.4) is 0 Å². The summed E-state index contributed by atoms with van der Waals surface area (Å²) in [5.74, 6) is 0. The Bertz CT molecular complexity index is 2670. The molecular weight excluding hydrogens is 659 g/mol. The van der Waals surface area contributed by atoms with E-state index in [1.807, 2.05) is 12.1 Å². The zero-order chi connectivity index (χ0) is 36.0. The smallest absolute Gasteiger partial charge is 0.0484 e. The quantitative estimate of drug-likeness (QED) is 0.172. The van der Waals surface area contributed by atoms with Crippen molar-refractivity contribution in [1.82, 2.24) is 0 Å². The van der Waals surface area contributed by atoms with E-state index in [2.05, 4.69) is 152 Å². The second kappa shape index (κ2) is 12.1. The Morgan fingerprint density at radius 3 is 1.76 bits per heavy atom. The van der Waals surface area contributed by atoms with E-state index in [0.29, 0.717) is 0 Å². The molecule has 0 aliphatic heterocycles. The zero-order valence-electron chi connectivity index (χ0n) is 30.9. The van der Waals surface area contributed by atoms with E-state index in [4.69, 9.17) is 23.2 Å². The first-order chi connectivity index (χ1) is 24.3. The molecule has 2 heteroatoms. The molecule has 8 rings (SSSR count). The third-order valence-electron chi connectivity index (χ3n) is 10.9. The van der Waals surface area contributed by atoms with Crippen molar-refractivity contribution in [3.8, 4) is 0 Å². The lowest BCUT2D eigenvalue weighted by molar-refractivity contribution is 0.580. The highest BCUT2D eigenvalue weighted by atomic mass is 35.5. The van der Waals surface area contributed by atoms with Crippen molar-refractivity contribution in [2.45, 2.75) is 72.6 Å². The Hall–Kier alpha value is -4.36. The van der Waals surface area contributed by atoms with Gasteiger partial charge in [0, 0.05) is 20.8 Å². The summed E-state index contributed by atoms with van der Waals surface area (Å²) in [5, 5.41) is 11.1. The Morgan fingerprint density at radius 1 is 0.667 bits per heavy atom. The molecule has 0 bridgehead atoms. The van der Waals surface area contributed by atoms with Crippen LogP contribution in [0.25, 0.3) is 38.8 Å². The van der Waals surface area contributed by atoms with Crippen LogP contribution >= 0.6 is 23.2 Å². The Labute approximate surface area is 311 Å². The fourth-order valence-corrected chi connectivity index (χ4v) is 9.46. The molecule has 2 aliphatic carbocycles. The summed E-state index contributed by atoms with van der Waals surface area (Å²) in [6, 6.07) is 30.7. The molecule has 0 unspecified atom stereocenters. The molecule has 0 N–H and O–H groups in total. The average Bonchev–Trinajstić information content (AvgIpc) is 3.72. The number of hydrogen-bond donors (Lipinski definition) is 0. The monoisotopic (exact) mass is 702 g/mol. The molecule has 0 heterocycles. The van der Waals surface area contributed by atoms with E-state index in [1.54, 1.807) is 0 Å². The van der Waals surface area contributed by atoms with Crippen LogP contribution in [-0.2, 0) is 10.8 Å². The van der Waals surface area contributed by atoms with Gasteiger partial charge in [-0.15, -0.1) is 0 Å². The van der Waals surface area contributed by atoms with E-state index in [-0.39, 0.29) is 10.8 Å². The summed E-state index contributed by atoms with van der Waals surface area (Å²) in [6.07, 6.45) is 10.2. The van der Waals surface area contributed by atoms with Crippen molar-refractivity contribution in [2.75, 3.05) is 0 Å². The Balaban J connectivity index is 1.78.